The van der Waals surface area contributed by atoms with Crippen molar-refractivity contribution in [2.45, 2.75) is 19.9 Å². The Morgan fingerprint density at radius 2 is 2.00 bits per heavy atom. The Balaban J connectivity index is 2.53. The fraction of sp³-hybridized carbons (Fsp3) is 0.267. The summed E-state index contributed by atoms with van der Waals surface area (Å²) in [4.78, 5) is 4.60. The van der Waals surface area contributed by atoms with Crippen LogP contribution in [0.25, 0.3) is 11.3 Å². The summed E-state index contributed by atoms with van der Waals surface area (Å²) in [5, 5.41) is 0.659. The molecular weight excluding hydrogens is 260 g/mol. The van der Waals surface area contributed by atoms with E-state index in [0.29, 0.717) is 5.02 Å². The Morgan fingerprint density at radius 3 is 2.58 bits per heavy atom. The molecule has 0 aliphatic rings. The van der Waals surface area contributed by atoms with E-state index in [1.54, 1.807) is 13.2 Å². The third-order valence-corrected chi connectivity index (χ3v) is 3.29. The highest BCUT2D eigenvalue weighted by molar-refractivity contribution is 6.30. The minimum atomic E-state index is -0.0252. The first-order chi connectivity index (χ1) is 9.02. The molecule has 1 heterocycles. The van der Waals surface area contributed by atoms with Gasteiger partial charge >= 0.3 is 0 Å². The Hall–Kier alpha value is -1.58. The van der Waals surface area contributed by atoms with Gasteiger partial charge < -0.3 is 10.5 Å². The molecule has 2 aromatic rings. The number of aromatic nitrogens is 1. The number of hydrogen-bond donors (Lipinski definition) is 1. The van der Waals surface area contributed by atoms with Crippen LogP contribution in [0.1, 0.15) is 24.2 Å². The van der Waals surface area contributed by atoms with Crippen LogP contribution in [-0.2, 0) is 0 Å². The third-order valence-electron chi connectivity index (χ3n) is 3.05. The summed E-state index contributed by atoms with van der Waals surface area (Å²) in [6, 6.07) is 9.42. The van der Waals surface area contributed by atoms with Crippen molar-refractivity contribution < 1.29 is 4.74 Å². The molecule has 0 saturated carbocycles. The lowest BCUT2D eigenvalue weighted by Gasteiger charge is -2.13. The Bertz CT molecular complexity index is 597. The van der Waals surface area contributed by atoms with Gasteiger partial charge in [0.1, 0.15) is 5.75 Å². The molecule has 0 amide bonds. The normalized spacial score (nSPS) is 12.3. The number of hydrogen-bond acceptors (Lipinski definition) is 3. The molecule has 0 fully saturated rings. The summed E-state index contributed by atoms with van der Waals surface area (Å²) in [6.45, 7) is 3.91. The monoisotopic (exact) mass is 276 g/mol. The summed E-state index contributed by atoms with van der Waals surface area (Å²) in [6.07, 6.45) is 0. The molecule has 1 aromatic carbocycles. The maximum absolute atomic E-state index is 6.04. The van der Waals surface area contributed by atoms with Crippen LogP contribution in [0.3, 0.4) is 0 Å². The number of aryl methyl sites for hydroxylation is 1. The molecule has 19 heavy (non-hydrogen) atoms. The van der Waals surface area contributed by atoms with Crippen molar-refractivity contribution in [3.05, 3.63) is 46.6 Å². The van der Waals surface area contributed by atoms with Crippen molar-refractivity contribution in [2.75, 3.05) is 7.11 Å². The summed E-state index contributed by atoms with van der Waals surface area (Å²) < 4.78 is 5.35. The fourth-order valence-corrected chi connectivity index (χ4v) is 2.26. The number of ether oxygens (including phenoxy) is 1. The van der Waals surface area contributed by atoms with Crippen LogP contribution in [0.5, 0.6) is 5.75 Å². The number of nitrogens with zero attached hydrogens (tertiary/aromatic N) is 1. The average Bonchev–Trinajstić information content (AvgIpc) is 2.38. The first kappa shape index (κ1) is 13.8. The molecule has 2 rings (SSSR count). The van der Waals surface area contributed by atoms with Gasteiger partial charge in [-0.2, -0.15) is 0 Å². The number of methoxy groups -OCH3 is 1. The van der Waals surface area contributed by atoms with Crippen molar-refractivity contribution in [1.29, 1.82) is 0 Å². The largest absolute Gasteiger partial charge is 0.496 e. The zero-order chi connectivity index (χ0) is 14.0. The molecule has 100 valence electrons. The highest BCUT2D eigenvalue weighted by atomic mass is 35.5. The molecular formula is C15H17ClN2O. The van der Waals surface area contributed by atoms with Gasteiger partial charge in [0.05, 0.1) is 12.8 Å². The molecule has 1 atom stereocenters. The highest BCUT2D eigenvalue weighted by Crippen LogP contribution is 2.32. The van der Waals surface area contributed by atoms with Crippen molar-refractivity contribution in [3.63, 3.8) is 0 Å². The van der Waals surface area contributed by atoms with E-state index in [0.717, 1.165) is 28.3 Å². The van der Waals surface area contributed by atoms with Crippen molar-refractivity contribution in [1.82, 2.24) is 4.98 Å². The predicted octanol–water partition coefficient (Wildman–Crippen LogP) is 3.74. The number of nitrogens with two attached hydrogens (primary N) is 1. The molecule has 0 aliphatic carbocycles. The van der Waals surface area contributed by atoms with Gasteiger partial charge in [-0.25, -0.2) is 0 Å². The number of benzene rings is 1. The predicted molar refractivity (Wildman–Crippen MR) is 78.6 cm³/mol. The van der Waals surface area contributed by atoms with Crippen LogP contribution in [0, 0.1) is 6.92 Å². The maximum Gasteiger partial charge on any atom is 0.128 e. The lowest BCUT2D eigenvalue weighted by Crippen LogP contribution is -2.08. The zero-order valence-electron chi connectivity index (χ0n) is 11.3. The maximum atomic E-state index is 6.04. The smallest absolute Gasteiger partial charge is 0.128 e. The van der Waals surface area contributed by atoms with Crippen LogP contribution in [0.2, 0.25) is 5.02 Å². The molecule has 4 heteroatoms. The van der Waals surface area contributed by atoms with E-state index in [1.165, 1.54) is 0 Å². The van der Waals surface area contributed by atoms with Gasteiger partial charge in [0.15, 0.2) is 0 Å². The number of halogens is 1. The summed E-state index contributed by atoms with van der Waals surface area (Å²) in [5.41, 5.74) is 9.59. The molecule has 0 spiro atoms. The SMILES string of the molecule is COc1ccc(Cl)cc1-c1ccc(C(C)N)c(C)n1. The van der Waals surface area contributed by atoms with E-state index in [-0.39, 0.29) is 6.04 Å². The van der Waals surface area contributed by atoms with E-state index in [1.807, 2.05) is 38.1 Å². The van der Waals surface area contributed by atoms with E-state index < -0.39 is 0 Å². The molecule has 0 saturated heterocycles. The second kappa shape index (κ2) is 5.59. The molecule has 0 aliphatic heterocycles. The molecule has 3 nitrogen and oxygen atoms in total. The highest BCUT2D eigenvalue weighted by Gasteiger charge is 2.11. The Kier molecular flexibility index (Phi) is 4.08. The van der Waals surface area contributed by atoms with Gasteiger partial charge in [-0.3, -0.25) is 4.98 Å². The number of pyridine rings is 1. The molecule has 0 radical (unpaired) electrons. The second-order valence-electron chi connectivity index (χ2n) is 4.50. The zero-order valence-corrected chi connectivity index (χ0v) is 12.0. The summed E-state index contributed by atoms with van der Waals surface area (Å²) in [5.74, 6) is 0.754. The lowest BCUT2D eigenvalue weighted by atomic mass is 10.0. The summed E-state index contributed by atoms with van der Waals surface area (Å²) in [7, 11) is 1.63. The molecule has 1 unspecified atom stereocenters. The molecule has 2 N–H and O–H groups in total. The minimum absolute atomic E-state index is 0.0252. The third kappa shape index (κ3) is 2.88. The standard InChI is InChI=1S/C15H17ClN2O/c1-9(17)12-5-6-14(18-10(12)2)13-8-11(16)4-7-15(13)19-3/h4-9H,17H2,1-3H3. The first-order valence-corrected chi connectivity index (χ1v) is 6.47. The van der Waals surface area contributed by atoms with Gasteiger partial charge in [0, 0.05) is 22.3 Å². The van der Waals surface area contributed by atoms with Crippen LogP contribution in [0.4, 0.5) is 0 Å². The van der Waals surface area contributed by atoms with Crippen molar-refractivity contribution in [3.8, 4) is 17.0 Å². The van der Waals surface area contributed by atoms with Gasteiger partial charge in [-0.05, 0) is 43.7 Å². The Morgan fingerprint density at radius 1 is 1.26 bits per heavy atom. The van der Waals surface area contributed by atoms with Crippen LogP contribution < -0.4 is 10.5 Å². The molecule has 1 aromatic heterocycles. The van der Waals surface area contributed by atoms with Crippen LogP contribution in [-0.4, -0.2) is 12.1 Å². The fourth-order valence-electron chi connectivity index (χ4n) is 2.08. The van der Waals surface area contributed by atoms with E-state index in [9.17, 15) is 0 Å². The molecule has 0 bridgehead atoms. The number of rotatable bonds is 3. The van der Waals surface area contributed by atoms with E-state index >= 15 is 0 Å². The lowest BCUT2D eigenvalue weighted by molar-refractivity contribution is 0.416. The van der Waals surface area contributed by atoms with Crippen molar-refractivity contribution in [2.24, 2.45) is 5.73 Å². The Labute approximate surface area is 118 Å². The van der Waals surface area contributed by atoms with Crippen LogP contribution >= 0.6 is 11.6 Å². The van der Waals surface area contributed by atoms with Crippen LogP contribution in [0.15, 0.2) is 30.3 Å². The minimum Gasteiger partial charge on any atom is -0.496 e. The quantitative estimate of drug-likeness (QED) is 0.929. The summed E-state index contributed by atoms with van der Waals surface area (Å²) >= 11 is 6.04. The van der Waals surface area contributed by atoms with Crippen molar-refractivity contribution >= 4 is 11.6 Å². The van der Waals surface area contributed by atoms with Gasteiger partial charge in [0.25, 0.3) is 0 Å². The average molecular weight is 277 g/mol. The van der Waals surface area contributed by atoms with E-state index in [2.05, 4.69) is 4.98 Å². The van der Waals surface area contributed by atoms with E-state index in [4.69, 9.17) is 22.1 Å². The topological polar surface area (TPSA) is 48.1 Å². The van der Waals surface area contributed by atoms with Gasteiger partial charge in [-0.15, -0.1) is 0 Å². The van der Waals surface area contributed by atoms with Gasteiger partial charge in [-0.1, -0.05) is 17.7 Å². The van der Waals surface area contributed by atoms with Gasteiger partial charge in [0.2, 0.25) is 0 Å². The first-order valence-electron chi connectivity index (χ1n) is 6.10. The second-order valence-corrected chi connectivity index (χ2v) is 4.94.